The van der Waals surface area contributed by atoms with Gasteiger partial charge in [-0.25, -0.2) is 0 Å². The van der Waals surface area contributed by atoms with Crippen molar-refractivity contribution in [1.82, 2.24) is 19.6 Å². The molecule has 7 nitrogen and oxygen atoms in total. The summed E-state index contributed by atoms with van der Waals surface area (Å²) in [5.74, 6) is 1.10. The summed E-state index contributed by atoms with van der Waals surface area (Å²) in [5.41, 5.74) is -0.295. The molecule has 0 fully saturated rings. The minimum absolute atomic E-state index is 0.145. The highest BCUT2D eigenvalue weighted by atomic mass is 16.5. The summed E-state index contributed by atoms with van der Waals surface area (Å²) in [7, 11) is 8.31. The number of carbonyl (C=O) groups is 2. The average Bonchev–Trinajstić information content (AvgIpc) is 2.83. The first kappa shape index (κ1) is 37.8. The molecule has 0 aromatic heterocycles. The Morgan fingerprint density at radius 3 is 1.51 bits per heavy atom. The summed E-state index contributed by atoms with van der Waals surface area (Å²) in [6.07, 6.45) is 7.23. The fourth-order valence-corrected chi connectivity index (χ4v) is 4.69. The SMILES string of the molecule is CCCCC(=O)N(CCCN(C)C)CC(C)(C)COCC(C)(C)CN(CCCN(C)C)C(=O)CCC(C)CC. The molecule has 232 valence electrons. The summed E-state index contributed by atoms with van der Waals surface area (Å²) in [6.45, 7) is 21.4. The molecule has 0 heterocycles. The quantitative estimate of drug-likeness (QED) is 0.164. The van der Waals surface area contributed by atoms with Gasteiger partial charge in [-0.15, -0.1) is 0 Å². The van der Waals surface area contributed by atoms with Gasteiger partial charge in [-0.2, -0.15) is 0 Å². The third kappa shape index (κ3) is 19.5. The predicted octanol–water partition coefficient (Wildman–Crippen LogP) is 5.63. The van der Waals surface area contributed by atoms with Crippen LogP contribution in [0.1, 0.15) is 99.8 Å². The van der Waals surface area contributed by atoms with Crippen LogP contribution in [0.4, 0.5) is 0 Å². The van der Waals surface area contributed by atoms with Gasteiger partial charge in [-0.3, -0.25) is 9.59 Å². The Kier molecular flexibility index (Phi) is 19.2. The second-order valence-corrected chi connectivity index (χ2v) is 13.9. The first-order valence-electron chi connectivity index (χ1n) is 15.5. The van der Waals surface area contributed by atoms with Crippen molar-refractivity contribution < 1.29 is 14.3 Å². The van der Waals surface area contributed by atoms with Crippen molar-refractivity contribution in [3.05, 3.63) is 0 Å². The van der Waals surface area contributed by atoms with E-state index < -0.39 is 0 Å². The number of rotatable bonds is 23. The van der Waals surface area contributed by atoms with Gasteiger partial charge < -0.3 is 24.3 Å². The molecular formula is C32H66N4O3. The standard InChI is InChI=1S/C32H66N4O3/c1-12-14-17-29(37)35(22-15-20-33(8)9)24-31(4,5)26-39-27-32(6,7)25-36(23-16-21-34(10)11)30(38)19-18-28(3)13-2/h28H,12-27H2,1-11H3. The lowest BCUT2D eigenvalue weighted by molar-refractivity contribution is -0.134. The van der Waals surface area contributed by atoms with Crippen molar-refractivity contribution in [3.8, 4) is 0 Å². The summed E-state index contributed by atoms with van der Waals surface area (Å²) < 4.78 is 6.31. The maximum atomic E-state index is 13.2. The zero-order chi connectivity index (χ0) is 30.1. The summed E-state index contributed by atoms with van der Waals surface area (Å²) in [4.78, 5) is 34.6. The Morgan fingerprint density at radius 1 is 0.692 bits per heavy atom. The number of hydrogen-bond acceptors (Lipinski definition) is 5. The second kappa shape index (κ2) is 19.8. The zero-order valence-electron chi connectivity index (χ0n) is 27.9. The van der Waals surface area contributed by atoms with Crippen LogP contribution in [0, 0.1) is 16.7 Å². The molecule has 1 atom stereocenters. The Morgan fingerprint density at radius 2 is 1.13 bits per heavy atom. The van der Waals surface area contributed by atoms with E-state index >= 15 is 0 Å². The van der Waals surface area contributed by atoms with Crippen molar-refractivity contribution in [1.29, 1.82) is 0 Å². The number of ether oxygens (including phenoxy) is 1. The number of unbranched alkanes of at least 4 members (excludes halogenated alkanes) is 1. The average molecular weight is 555 g/mol. The lowest BCUT2D eigenvalue weighted by atomic mass is 9.91. The van der Waals surface area contributed by atoms with E-state index in [1.54, 1.807) is 0 Å². The van der Waals surface area contributed by atoms with E-state index in [4.69, 9.17) is 4.74 Å². The highest BCUT2D eigenvalue weighted by Gasteiger charge is 2.29. The normalized spacial score (nSPS) is 13.3. The summed E-state index contributed by atoms with van der Waals surface area (Å²) in [6, 6.07) is 0. The smallest absolute Gasteiger partial charge is 0.222 e. The van der Waals surface area contributed by atoms with Gasteiger partial charge in [0.1, 0.15) is 0 Å². The highest BCUT2D eigenvalue weighted by molar-refractivity contribution is 5.76. The minimum atomic E-state index is -0.150. The van der Waals surface area contributed by atoms with E-state index in [-0.39, 0.29) is 22.6 Å². The molecule has 0 bridgehead atoms. The molecule has 7 heteroatoms. The van der Waals surface area contributed by atoms with Crippen LogP contribution in [-0.2, 0) is 14.3 Å². The van der Waals surface area contributed by atoms with Crippen molar-refractivity contribution in [2.75, 3.05) is 80.7 Å². The molecule has 0 N–H and O–H groups in total. The van der Waals surface area contributed by atoms with Crippen molar-refractivity contribution >= 4 is 11.8 Å². The van der Waals surface area contributed by atoms with E-state index in [2.05, 4.69) is 96.3 Å². The van der Waals surface area contributed by atoms with E-state index in [0.29, 0.717) is 45.1 Å². The first-order chi connectivity index (χ1) is 18.1. The molecule has 1 unspecified atom stereocenters. The van der Waals surface area contributed by atoms with Gasteiger partial charge in [0.25, 0.3) is 0 Å². The topological polar surface area (TPSA) is 56.3 Å². The third-order valence-electron chi connectivity index (χ3n) is 7.29. The Bertz CT molecular complexity index is 664. The summed E-state index contributed by atoms with van der Waals surface area (Å²) in [5, 5.41) is 0. The maximum absolute atomic E-state index is 13.2. The van der Waals surface area contributed by atoms with E-state index in [9.17, 15) is 9.59 Å². The Labute approximate surface area is 243 Å². The second-order valence-electron chi connectivity index (χ2n) is 13.9. The third-order valence-corrected chi connectivity index (χ3v) is 7.29. The number of hydrogen-bond donors (Lipinski definition) is 0. The summed E-state index contributed by atoms with van der Waals surface area (Å²) >= 11 is 0. The molecule has 0 aromatic rings. The maximum Gasteiger partial charge on any atom is 0.222 e. The Balaban J connectivity index is 5.09. The first-order valence-corrected chi connectivity index (χ1v) is 15.5. The van der Waals surface area contributed by atoms with Gasteiger partial charge in [0.2, 0.25) is 11.8 Å². The fraction of sp³-hybridized carbons (Fsp3) is 0.938. The molecule has 2 amide bonds. The molecule has 39 heavy (non-hydrogen) atoms. The molecule has 0 aliphatic heterocycles. The van der Waals surface area contributed by atoms with Gasteiger partial charge >= 0.3 is 0 Å². The van der Waals surface area contributed by atoms with Crippen molar-refractivity contribution in [2.24, 2.45) is 16.7 Å². The molecule has 0 rings (SSSR count). The van der Waals surface area contributed by atoms with E-state index in [0.717, 1.165) is 64.7 Å². The van der Waals surface area contributed by atoms with Crippen LogP contribution >= 0.6 is 0 Å². The molecule has 0 saturated carbocycles. The lowest BCUT2D eigenvalue weighted by Crippen LogP contribution is -2.44. The van der Waals surface area contributed by atoms with Crippen molar-refractivity contribution in [3.63, 3.8) is 0 Å². The molecule has 0 aromatic carbocycles. The van der Waals surface area contributed by atoms with Crippen LogP contribution in [0.2, 0.25) is 0 Å². The largest absolute Gasteiger partial charge is 0.380 e. The molecule has 0 aliphatic carbocycles. The lowest BCUT2D eigenvalue weighted by Gasteiger charge is -2.36. The fourth-order valence-electron chi connectivity index (χ4n) is 4.69. The van der Waals surface area contributed by atoms with Crippen molar-refractivity contribution in [2.45, 2.75) is 99.8 Å². The zero-order valence-corrected chi connectivity index (χ0v) is 27.9. The van der Waals surface area contributed by atoms with Crippen LogP contribution in [0.5, 0.6) is 0 Å². The molecular weight excluding hydrogens is 488 g/mol. The van der Waals surface area contributed by atoms with Crippen LogP contribution in [0.25, 0.3) is 0 Å². The molecule has 0 aliphatic rings. The van der Waals surface area contributed by atoms with Crippen LogP contribution in [-0.4, -0.2) is 112 Å². The van der Waals surface area contributed by atoms with Crippen LogP contribution in [0.3, 0.4) is 0 Å². The van der Waals surface area contributed by atoms with Gasteiger partial charge in [0, 0.05) is 49.9 Å². The molecule has 0 spiro atoms. The monoisotopic (exact) mass is 555 g/mol. The molecule has 0 radical (unpaired) electrons. The van der Waals surface area contributed by atoms with Gasteiger partial charge in [0.05, 0.1) is 13.2 Å². The molecule has 0 saturated heterocycles. The van der Waals surface area contributed by atoms with E-state index in [1.165, 1.54) is 0 Å². The highest BCUT2D eigenvalue weighted by Crippen LogP contribution is 2.24. The number of nitrogens with zero attached hydrogens (tertiary/aromatic N) is 4. The van der Waals surface area contributed by atoms with Gasteiger partial charge in [-0.05, 0) is 72.9 Å². The van der Waals surface area contributed by atoms with Crippen LogP contribution in [0.15, 0.2) is 0 Å². The number of carbonyl (C=O) groups excluding carboxylic acids is 2. The minimum Gasteiger partial charge on any atom is -0.380 e. The van der Waals surface area contributed by atoms with E-state index in [1.807, 2.05) is 0 Å². The number of amides is 2. The van der Waals surface area contributed by atoms with Gasteiger partial charge in [0.15, 0.2) is 0 Å². The van der Waals surface area contributed by atoms with Crippen LogP contribution < -0.4 is 0 Å². The van der Waals surface area contributed by atoms with Gasteiger partial charge in [-0.1, -0.05) is 61.3 Å². The Hall–Kier alpha value is -1.18. The predicted molar refractivity (Wildman–Crippen MR) is 166 cm³/mol.